The summed E-state index contributed by atoms with van der Waals surface area (Å²) in [6, 6.07) is 22.0. The van der Waals surface area contributed by atoms with Gasteiger partial charge in [-0.3, -0.25) is 0 Å². The molecule has 0 bridgehead atoms. The number of para-hydroxylation sites is 1. The third-order valence-corrected chi connectivity index (χ3v) is 5.42. The highest BCUT2D eigenvalue weighted by Gasteiger charge is 2.09. The van der Waals surface area contributed by atoms with Gasteiger partial charge in [-0.2, -0.15) is 0 Å². The number of aromatic hydroxyl groups is 1. The maximum Gasteiger partial charge on any atom is 0.123 e. The zero-order valence-corrected chi connectivity index (χ0v) is 15.4. The molecule has 3 rings (SSSR count). The quantitative estimate of drug-likeness (QED) is 0.661. The van der Waals surface area contributed by atoms with Gasteiger partial charge in [0.25, 0.3) is 0 Å². The van der Waals surface area contributed by atoms with Crippen molar-refractivity contribution in [3.63, 3.8) is 0 Å². The summed E-state index contributed by atoms with van der Waals surface area (Å²) in [6.07, 6.45) is 0. The Hall–Kier alpha value is -2.51. The Bertz CT molecular complexity index is 850. The summed E-state index contributed by atoms with van der Waals surface area (Å²) in [5, 5.41) is 15.8. The number of benzene rings is 3. The van der Waals surface area contributed by atoms with Gasteiger partial charge in [-0.05, 0) is 48.1 Å². The molecule has 1 unspecified atom stereocenters. The molecule has 0 aliphatic rings. The lowest BCUT2D eigenvalue weighted by Crippen LogP contribution is -2.13. The molecule has 0 aliphatic heterocycles. The lowest BCUT2D eigenvalue weighted by Gasteiger charge is -2.14. The summed E-state index contributed by atoms with van der Waals surface area (Å²) in [6.45, 7) is 2.85. The van der Waals surface area contributed by atoms with E-state index in [0.29, 0.717) is 14.3 Å². The molecule has 2 N–H and O–H groups in total. The van der Waals surface area contributed by atoms with Crippen LogP contribution in [-0.2, 0) is 6.54 Å². The topological polar surface area (TPSA) is 41.5 Å². The van der Waals surface area contributed by atoms with Gasteiger partial charge in [-0.1, -0.05) is 50.5 Å². The van der Waals surface area contributed by atoms with Crippen molar-refractivity contribution in [2.24, 2.45) is 0 Å². The van der Waals surface area contributed by atoms with E-state index in [0.717, 1.165) is 23.3 Å². The molecule has 3 aromatic rings. The van der Waals surface area contributed by atoms with Crippen LogP contribution in [0.4, 0.5) is 5.69 Å². The van der Waals surface area contributed by atoms with Crippen LogP contribution >= 0.6 is 8.58 Å². The van der Waals surface area contributed by atoms with E-state index in [1.807, 2.05) is 24.3 Å². The first kappa shape index (κ1) is 17.3. The predicted molar refractivity (Wildman–Crippen MR) is 107 cm³/mol. The monoisotopic (exact) mass is 351 g/mol. The Kier molecular flexibility index (Phi) is 5.57. The lowest BCUT2D eigenvalue weighted by molar-refractivity contribution is 0.413. The molecule has 0 saturated carbocycles. The Morgan fingerprint density at radius 2 is 1.76 bits per heavy atom. The molecule has 0 fully saturated rings. The minimum Gasteiger partial charge on any atom is -0.507 e. The number of ether oxygens (including phenoxy) is 1. The van der Waals surface area contributed by atoms with Gasteiger partial charge in [0.05, 0.1) is 7.11 Å². The summed E-state index contributed by atoms with van der Waals surface area (Å²) in [5.41, 5.74) is 3.57. The molecule has 0 aliphatic carbocycles. The van der Waals surface area contributed by atoms with Gasteiger partial charge in [0, 0.05) is 17.5 Å². The molecule has 4 heteroatoms. The number of anilines is 1. The molecule has 25 heavy (non-hydrogen) atoms. The molecule has 0 radical (unpaired) electrons. The van der Waals surface area contributed by atoms with Crippen molar-refractivity contribution < 1.29 is 9.84 Å². The third kappa shape index (κ3) is 4.52. The number of methoxy groups -OCH3 is 1. The van der Waals surface area contributed by atoms with Gasteiger partial charge in [-0.15, -0.1) is 0 Å². The van der Waals surface area contributed by atoms with Crippen LogP contribution in [0.15, 0.2) is 66.7 Å². The average Bonchev–Trinajstić information content (AvgIpc) is 2.64. The second-order valence-electron chi connectivity index (χ2n) is 5.89. The number of aryl methyl sites for hydroxylation is 1. The summed E-state index contributed by atoms with van der Waals surface area (Å²) >= 11 is 0. The molecule has 128 valence electrons. The standard InChI is InChI=1S/C21H22NO2P/c1-15-8-11-20(25-21-13-18(24-2)9-10-19(21)23)16(12-15)14-22-17-6-4-3-5-7-17/h3-13,22-23,25H,14H2,1-2H3. The van der Waals surface area contributed by atoms with Crippen LogP contribution in [0.2, 0.25) is 0 Å². The first-order valence-electron chi connectivity index (χ1n) is 8.18. The van der Waals surface area contributed by atoms with E-state index < -0.39 is 0 Å². The number of hydrogen-bond acceptors (Lipinski definition) is 3. The highest BCUT2D eigenvalue weighted by Crippen LogP contribution is 2.24. The zero-order valence-electron chi connectivity index (χ0n) is 14.4. The number of nitrogens with one attached hydrogen (secondary N) is 1. The molecule has 0 saturated heterocycles. The summed E-state index contributed by atoms with van der Waals surface area (Å²) in [7, 11) is 2.01. The Balaban J connectivity index is 1.84. The van der Waals surface area contributed by atoms with E-state index in [9.17, 15) is 5.11 Å². The van der Waals surface area contributed by atoms with Crippen LogP contribution in [0, 0.1) is 6.92 Å². The van der Waals surface area contributed by atoms with Crippen LogP contribution in [-0.4, -0.2) is 12.2 Å². The summed E-state index contributed by atoms with van der Waals surface area (Å²) in [4.78, 5) is 0. The van der Waals surface area contributed by atoms with Crippen LogP contribution in [0.1, 0.15) is 11.1 Å². The molecule has 0 aromatic heterocycles. The average molecular weight is 351 g/mol. The minimum absolute atomic E-state index is 0.307. The number of rotatable bonds is 6. The lowest BCUT2D eigenvalue weighted by atomic mass is 10.1. The van der Waals surface area contributed by atoms with E-state index in [1.54, 1.807) is 19.2 Å². The van der Waals surface area contributed by atoms with Gasteiger partial charge in [0.15, 0.2) is 0 Å². The SMILES string of the molecule is COc1ccc(O)c(Pc2ccc(C)cc2CNc2ccccc2)c1. The van der Waals surface area contributed by atoms with E-state index in [-0.39, 0.29) is 0 Å². The van der Waals surface area contributed by atoms with Crippen LogP contribution in [0.3, 0.4) is 0 Å². The van der Waals surface area contributed by atoms with Gasteiger partial charge in [0.2, 0.25) is 0 Å². The Labute approximate surface area is 150 Å². The van der Waals surface area contributed by atoms with Crippen molar-refractivity contribution in [2.75, 3.05) is 12.4 Å². The molecule has 3 nitrogen and oxygen atoms in total. The van der Waals surface area contributed by atoms with Crippen molar-refractivity contribution in [2.45, 2.75) is 13.5 Å². The van der Waals surface area contributed by atoms with Crippen molar-refractivity contribution in [3.8, 4) is 11.5 Å². The molecular weight excluding hydrogens is 329 g/mol. The van der Waals surface area contributed by atoms with Crippen molar-refractivity contribution in [1.82, 2.24) is 0 Å². The number of phenols is 1. The molecule has 0 amide bonds. The van der Waals surface area contributed by atoms with Crippen LogP contribution in [0.5, 0.6) is 11.5 Å². The summed E-state index contributed by atoms with van der Waals surface area (Å²) in [5.74, 6) is 1.07. The Morgan fingerprint density at radius 3 is 2.52 bits per heavy atom. The van der Waals surface area contributed by atoms with Gasteiger partial charge in [0.1, 0.15) is 11.5 Å². The first-order valence-corrected chi connectivity index (χ1v) is 9.18. The second-order valence-corrected chi connectivity index (χ2v) is 7.22. The second kappa shape index (κ2) is 8.04. The number of phenolic OH excluding ortho intramolecular Hbond substituents is 1. The first-order chi connectivity index (χ1) is 12.2. The van der Waals surface area contributed by atoms with E-state index in [4.69, 9.17) is 4.74 Å². The van der Waals surface area contributed by atoms with Gasteiger partial charge < -0.3 is 15.2 Å². The maximum absolute atomic E-state index is 10.2. The molecular formula is C21H22NO2P. The van der Waals surface area contributed by atoms with Crippen molar-refractivity contribution >= 4 is 24.9 Å². The van der Waals surface area contributed by atoms with Crippen molar-refractivity contribution in [1.29, 1.82) is 0 Å². The van der Waals surface area contributed by atoms with Crippen LogP contribution < -0.4 is 20.7 Å². The molecule has 0 spiro atoms. The molecule has 0 heterocycles. The van der Waals surface area contributed by atoms with Gasteiger partial charge in [-0.25, -0.2) is 0 Å². The summed E-state index contributed by atoms with van der Waals surface area (Å²) < 4.78 is 5.28. The van der Waals surface area contributed by atoms with E-state index >= 15 is 0 Å². The highest BCUT2D eigenvalue weighted by molar-refractivity contribution is 7.55. The fourth-order valence-electron chi connectivity index (χ4n) is 2.63. The Morgan fingerprint density at radius 1 is 0.960 bits per heavy atom. The fraction of sp³-hybridized carbons (Fsp3) is 0.143. The fourth-order valence-corrected chi connectivity index (χ4v) is 3.84. The van der Waals surface area contributed by atoms with E-state index in [2.05, 4.69) is 42.6 Å². The predicted octanol–water partition coefficient (Wildman–Crippen LogP) is 3.95. The van der Waals surface area contributed by atoms with E-state index in [1.165, 1.54) is 16.4 Å². The van der Waals surface area contributed by atoms with Gasteiger partial charge >= 0.3 is 0 Å². The minimum atomic E-state index is 0.307. The third-order valence-electron chi connectivity index (χ3n) is 3.99. The number of hydrogen-bond donors (Lipinski definition) is 2. The largest absolute Gasteiger partial charge is 0.507 e. The highest BCUT2D eigenvalue weighted by atomic mass is 31.1. The van der Waals surface area contributed by atoms with Crippen molar-refractivity contribution in [3.05, 3.63) is 77.9 Å². The molecule has 3 aromatic carbocycles. The zero-order chi connectivity index (χ0) is 17.6. The smallest absolute Gasteiger partial charge is 0.123 e. The maximum atomic E-state index is 10.2. The molecule has 1 atom stereocenters. The normalized spacial score (nSPS) is 11.0. The van der Waals surface area contributed by atoms with Crippen LogP contribution in [0.25, 0.3) is 0 Å².